The number of hydrogen-bond donors (Lipinski definition) is 2. The first-order valence-electron chi connectivity index (χ1n) is 5.54. The number of sulfonamides is 1. The molecule has 2 N–H and O–H groups in total. The van der Waals surface area contributed by atoms with Crippen LogP contribution in [0.5, 0.6) is 0 Å². The Balaban J connectivity index is 2.10. The van der Waals surface area contributed by atoms with Crippen LogP contribution in [0.2, 0.25) is 0 Å². The minimum atomic E-state index is -3.45. The van der Waals surface area contributed by atoms with Crippen molar-refractivity contribution in [1.29, 1.82) is 0 Å². The van der Waals surface area contributed by atoms with Crippen molar-refractivity contribution >= 4 is 27.6 Å². The molecule has 0 aliphatic carbocycles. The molecule has 5 nitrogen and oxygen atoms in total. The van der Waals surface area contributed by atoms with Gasteiger partial charge in [-0.25, -0.2) is 8.42 Å². The first-order chi connectivity index (χ1) is 8.59. The molecule has 0 bridgehead atoms. The molecule has 7 heteroatoms. The lowest BCUT2D eigenvalue weighted by Crippen LogP contribution is -2.20. The fourth-order valence-electron chi connectivity index (χ4n) is 1.83. The summed E-state index contributed by atoms with van der Waals surface area (Å²) in [5.74, 6) is 0.829. The number of halogens is 1. The summed E-state index contributed by atoms with van der Waals surface area (Å²) >= 11 is 5.15. The second-order valence-electron chi connectivity index (χ2n) is 4.09. The molecule has 1 aliphatic rings. The van der Waals surface area contributed by atoms with Crippen molar-refractivity contribution < 1.29 is 8.42 Å². The van der Waals surface area contributed by atoms with Gasteiger partial charge in [-0.05, 0) is 22.9 Å². The van der Waals surface area contributed by atoms with Gasteiger partial charge in [0.05, 0.1) is 12.3 Å². The van der Waals surface area contributed by atoms with Gasteiger partial charge in [0.25, 0.3) is 0 Å². The molecule has 0 fully saturated rings. The van der Waals surface area contributed by atoms with Crippen molar-refractivity contribution in [3.8, 4) is 0 Å². The molecular weight excluding hydrogens is 274 g/mol. The molecule has 0 atom stereocenters. The molecule has 0 spiro atoms. The summed E-state index contributed by atoms with van der Waals surface area (Å²) in [7, 11) is -3.45. The summed E-state index contributed by atoms with van der Waals surface area (Å²) in [6.45, 7) is 1.68. The van der Waals surface area contributed by atoms with Crippen molar-refractivity contribution in [3.63, 3.8) is 0 Å². The topological polar surface area (TPSA) is 70.6 Å². The van der Waals surface area contributed by atoms with E-state index < -0.39 is 10.0 Å². The van der Waals surface area contributed by atoms with Crippen LogP contribution in [0.4, 0.5) is 0 Å². The van der Waals surface area contributed by atoms with E-state index in [-0.39, 0.29) is 5.75 Å². The van der Waals surface area contributed by atoms with E-state index in [0.29, 0.717) is 12.0 Å². The average molecular weight is 288 g/mol. The molecule has 1 heterocycles. The third-order valence-corrected chi connectivity index (χ3v) is 4.23. The number of aliphatic imine (C=N–C) groups is 1. The summed E-state index contributed by atoms with van der Waals surface area (Å²) in [5, 5.41) is 3.18. The van der Waals surface area contributed by atoms with Crippen LogP contribution in [0.1, 0.15) is 11.1 Å². The smallest absolute Gasteiger partial charge is 0.229 e. The molecule has 0 saturated heterocycles. The summed E-state index contributed by atoms with van der Waals surface area (Å²) in [5.41, 5.74) is 1.74. The van der Waals surface area contributed by atoms with Gasteiger partial charge >= 0.3 is 0 Å². The number of rotatable bonds is 5. The molecule has 1 aromatic carbocycles. The average Bonchev–Trinajstić information content (AvgIpc) is 2.82. The summed E-state index contributed by atoms with van der Waals surface area (Å²) in [6, 6.07) is 7.41. The lowest BCUT2D eigenvalue weighted by atomic mass is 10.1. The van der Waals surface area contributed by atoms with Gasteiger partial charge in [0.15, 0.2) is 0 Å². The van der Waals surface area contributed by atoms with E-state index in [0.717, 1.165) is 24.5 Å². The molecule has 1 aromatic rings. The molecule has 98 valence electrons. The number of hydrogen-bond acceptors (Lipinski definition) is 4. The number of nitrogens with zero attached hydrogens (tertiary/aromatic N) is 1. The number of nitrogens with one attached hydrogen (secondary N) is 2. The predicted molar refractivity (Wildman–Crippen MR) is 72.1 cm³/mol. The predicted octanol–water partition coefficient (Wildman–Crippen LogP) is 0.804. The SMILES string of the molecule is O=S(=O)(Cc1cccc(CC2=NCCN2)c1)NCl. The monoisotopic (exact) mass is 287 g/mol. The number of amidine groups is 1. The first-order valence-corrected chi connectivity index (χ1v) is 7.57. The maximum atomic E-state index is 11.3. The summed E-state index contributed by atoms with van der Waals surface area (Å²) in [6.07, 6.45) is 0.697. The van der Waals surface area contributed by atoms with Gasteiger partial charge in [0, 0.05) is 13.0 Å². The Hall–Kier alpha value is -1.11. The van der Waals surface area contributed by atoms with Gasteiger partial charge in [-0.1, -0.05) is 24.3 Å². The zero-order valence-electron chi connectivity index (χ0n) is 9.69. The normalized spacial score (nSPS) is 15.3. The second-order valence-corrected chi connectivity index (χ2v) is 6.22. The fourth-order valence-corrected chi connectivity index (χ4v) is 2.67. The molecule has 0 radical (unpaired) electrons. The molecule has 2 rings (SSSR count). The van der Waals surface area contributed by atoms with Crippen molar-refractivity contribution in [3.05, 3.63) is 35.4 Å². The van der Waals surface area contributed by atoms with Crippen molar-refractivity contribution in [2.24, 2.45) is 4.99 Å². The molecule has 18 heavy (non-hydrogen) atoms. The minimum Gasteiger partial charge on any atom is -0.372 e. The standard InChI is InChI=1S/C11H14ClN3O2S/c12-15-18(16,17)8-10-3-1-2-9(6-10)7-11-13-4-5-14-11/h1-3,6,15H,4-5,7-8H2,(H,13,14). The highest BCUT2D eigenvalue weighted by molar-refractivity contribution is 7.89. The van der Waals surface area contributed by atoms with Gasteiger partial charge < -0.3 is 5.32 Å². The van der Waals surface area contributed by atoms with Gasteiger partial charge in [0.2, 0.25) is 10.0 Å². The highest BCUT2D eigenvalue weighted by Crippen LogP contribution is 2.10. The van der Waals surface area contributed by atoms with Crippen molar-refractivity contribution in [1.82, 2.24) is 9.56 Å². The Kier molecular flexibility index (Phi) is 4.21. The molecule has 1 aliphatic heterocycles. The Morgan fingerprint density at radius 3 is 2.83 bits per heavy atom. The van der Waals surface area contributed by atoms with Crippen LogP contribution in [0, 0.1) is 0 Å². The van der Waals surface area contributed by atoms with Gasteiger partial charge in [0.1, 0.15) is 5.84 Å². The quantitative estimate of drug-likeness (QED) is 0.787. The third-order valence-electron chi connectivity index (χ3n) is 2.58. The molecular formula is C11H14ClN3O2S. The highest BCUT2D eigenvalue weighted by atomic mass is 35.5. The summed E-state index contributed by atoms with van der Waals surface area (Å²) in [4.78, 5) is 4.31. The summed E-state index contributed by atoms with van der Waals surface area (Å²) < 4.78 is 24.5. The van der Waals surface area contributed by atoms with E-state index in [2.05, 4.69) is 10.3 Å². The van der Waals surface area contributed by atoms with E-state index in [1.54, 1.807) is 10.3 Å². The Morgan fingerprint density at radius 1 is 1.39 bits per heavy atom. The van der Waals surface area contributed by atoms with E-state index in [1.807, 2.05) is 18.2 Å². The Morgan fingerprint density at radius 2 is 2.17 bits per heavy atom. The van der Waals surface area contributed by atoms with Crippen LogP contribution >= 0.6 is 11.8 Å². The first kappa shape index (κ1) is 13.3. The minimum absolute atomic E-state index is 0.121. The molecule has 0 unspecified atom stereocenters. The molecule has 0 saturated carbocycles. The van der Waals surface area contributed by atoms with E-state index in [4.69, 9.17) is 11.8 Å². The Bertz CT molecular complexity index is 557. The van der Waals surface area contributed by atoms with Gasteiger partial charge in [-0.3, -0.25) is 4.99 Å². The van der Waals surface area contributed by atoms with E-state index in [1.165, 1.54) is 0 Å². The van der Waals surface area contributed by atoms with Crippen LogP contribution in [0.25, 0.3) is 0 Å². The second kappa shape index (κ2) is 5.69. The van der Waals surface area contributed by atoms with Gasteiger partial charge in [-0.15, -0.1) is 4.24 Å². The van der Waals surface area contributed by atoms with Gasteiger partial charge in [-0.2, -0.15) is 0 Å². The highest BCUT2D eigenvalue weighted by Gasteiger charge is 2.11. The van der Waals surface area contributed by atoms with Crippen LogP contribution in [0.15, 0.2) is 29.3 Å². The van der Waals surface area contributed by atoms with Crippen LogP contribution < -0.4 is 9.56 Å². The maximum Gasteiger partial charge on any atom is 0.229 e. The number of benzene rings is 1. The maximum absolute atomic E-state index is 11.3. The van der Waals surface area contributed by atoms with E-state index >= 15 is 0 Å². The lowest BCUT2D eigenvalue weighted by Gasteiger charge is -2.06. The van der Waals surface area contributed by atoms with Crippen LogP contribution in [0.3, 0.4) is 0 Å². The Labute approximate surface area is 111 Å². The van der Waals surface area contributed by atoms with E-state index in [9.17, 15) is 8.42 Å². The molecule has 0 amide bonds. The van der Waals surface area contributed by atoms with Crippen molar-refractivity contribution in [2.75, 3.05) is 13.1 Å². The molecule has 0 aromatic heterocycles. The lowest BCUT2D eigenvalue weighted by molar-refractivity contribution is 0.593. The van der Waals surface area contributed by atoms with Crippen molar-refractivity contribution in [2.45, 2.75) is 12.2 Å². The zero-order valence-corrected chi connectivity index (χ0v) is 11.3. The van der Waals surface area contributed by atoms with Crippen LogP contribution in [-0.4, -0.2) is 27.3 Å². The third kappa shape index (κ3) is 3.69. The van der Waals surface area contributed by atoms with Crippen LogP contribution in [-0.2, 0) is 22.2 Å². The largest absolute Gasteiger partial charge is 0.372 e. The zero-order chi connectivity index (χ0) is 13.0. The fraction of sp³-hybridized carbons (Fsp3) is 0.364.